The van der Waals surface area contributed by atoms with Gasteiger partial charge in [0, 0.05) is 73.0 Å². The number of amides is 1. The van der Waals surface area contributed by atoms with Crippen molar-refractivity contribution in [1.82, 2.24) is 28.7 Å². The lowest BCUT2D eigenvalue weighted by Crippen LogP contribution is -2.54. The molecule has 5 heterocycles. The number of rotatable bonds is 8. The number of pyridine rings is 2. The fourth-order valence-electron chi connectivity index (χ4n) is 6.43. The molecule has 2 saturated heterocycles. The summed E-state index contributed by atoms with van der Waals surface area (Å²) in [6.07, 6.45) is 8.03. The topological polar surface area (TPSA) is 114 Å². The number of imidazole rings is 1. The predicted molar refractivity (Wildman–Crippen MR) is 184 cm³/mol. The number of aryl methyl sites for hydroxylation is 1. The van der Waals surface area contributed by atoms with E-state index in [1.165, 1.54) is 16.4 Å². The monoisotopic (exact) mass is 705 g/mol. The molecule has 2 aromatic carbocycles. The number of sulfonamides is 1. The molecule has 1 unspecified atom stereocenters. The number of piperazine rings is 1. The second kappa shape index (κ2) is 13.3. The van der Waals surface area contributed by atoms with Crippen LogP contribution in [0.5, 0.6) is 5.75 Å². The van der Waals surface area contributed by atoms with E-state index in [0.29, 0.717) is 55.9 Å². The van der Waals surface area contributed by atoms with Gasteiger partial charge in [-0.15, -0.1) is 0 Å². The second-order valence-corrected chi connectivity index (χ2v) is 14.4. The van der Waals surface area contributed by atoms with Gasteiger partial charge in [0.05, 0.1) is 17.0 Å². The number of fused-ring (bicyclic) bond motifs is 1. The zero-order valence-electron chi connectivity index (χ0n) is 26.2. The number of carbonyl (C=O) groups is 1. The standard InChI is InChI=1S/C34H33Cl2N7O4S/c1-23-20-28(42-15-13-37-22-42)24-6-4-8-29(33(24)39-23)47-21-25-26(35)10-11-30(32(25)36)48(45,46)43-14-5-7-27(43)34(44)41-18-16-40(17-19-41)31-9-2-3-12-38-31/h2-4,6,8-13,15,20,22,27H,5,7,14,16-19,21H2,1H3. The Bertz CT molecular complexity index is 2070. The van der Waals surface area contributed by atoms with Crippen LogP contribution in [0.25, 0.3) is 16.6 Å². The van der Waals surface area contributed by atoms with Crippen molar-refractivity contribution >= 4 is 55.9 Å². The van der Waals surface area contributed by atoms with Crippen molar-refractivity contribution in [1.29, 1.82) is 0 Å². The van der Waals surface area contributed by atoms with E-state index >= 15 is 0 Å². The Labute approximate surface area is 288 Å². The third-order valence-electron chi connectivity index (χ3n) is 8.85. The average Bonchev–Trinajstić information content (AvgIpc) is 3.82. The Morgan fingerprint density at radius 2 is 1.83 bits per heavy atom. The van der Waals surface area contributed by atoms with Crippen LogP contribution in [-0.2, 0) is 21.4 Å². The Hall–Kier alpha value is -4.23. The number of hydrogen-bond donors (Lipinski definition) is 0. The minimum Gasteiger partial charge on any atom is -0.487 e. The van der Waals surface area contributed by atoms with Gasteiger partial charge in [-0.3, -0.25) is 4.79 Å². The maximum Gasteiger partial charge on any atom is 0.245 e. The van der Waals surface area contributed by atoms with E-state index in [-0.39, 0.29) is 34.0 Å². The van der Waals surface area contributed by atoms with Gasteiger partial charge in [0.15, 0.2) is 0 Å². The molecule has 2 aliphatic heterocycles. The average molecular weight is 707 g/mol. The molecule has 11 nitrogen and oxygen atoms in total. The molecule has 1 atom stereocenters. The van der Waals surface area contributed by atoms with E-state index < -0.39 is 16.1 Å². The molecule has 5 aromatic rings. The molecule has 14 heteroatoms. The maximum atomic E-state index is 14.1. The number of anilines is 1. The largest absolute Gasteiger partial charge is 0.487 e. The van der Waals surface area contributed by atoms with E-state index in [9.17, 15) is 13.2 Å². The summed E-state index contributed by atoms with van der Waals surface area (Å²) >= 11 is 13.4. The zero-order valence-corrected chi connectivity index (χ0v) is 28.5. The highest BCUT2D eigenvalue weighted by atomic mass is 35.5. The number of aromatic nitrogens is 4. The normalized spacial score (nSPS) is 17.3. The Balaban J connectivity index is 1.11. The molecule has 2 fully saturated rings. The summed E-state index contributed by atoms with van der Waals surface area (Å²) in [6, 6.07) is 15.4. The summed E-state index contributed by atoms with van der Waals surface area (Å²) in [5, 5.41) is 1.09. The molecular weight excluding hydrogens is 673 g/mol. The van der Waals surface area contributed by atoms with Gasteiger partial charge in [0.2, 0.25) is 15.9 Å². The SMILES string of the molecule is Cc1cc(-n2ccnc2)c2cccc(OCc3c(Cl)ccc(S(=O)(=O)N4CCCC4C(=O)N4CCN(c5ccccn5)CC4)c3Cl)c2n1. The van der Waals surface area contributed by atoms with Gasteiger partial charge in [0.25, 0.3) is 0 Å². The molecule has 3 aromatic heterocycles. The van der Waals surface area contributed by atoms with Gasteiger partial charge in [-0.1, -0.05) is 41.4 Å². The minimum atomic E-state index is -4.15. The fraction of sp³-hybridized carbons (Fsp3) is 0.294. The van der Waals surface area contributed by atoms with Crippen LogP contribution < -0.4 is 9.64 Å². The van der Waals surface area contributed by atoms with E-state index in [2.05, 4.69) is 14.9 Å². The van der Waals surface area contributed by atoms with Crippen molar-refractivity contribution in [3.63, 3.8) is 0 Å². The summed E-state index contributed by atoms with van der Waals surface area (Å²) in [7, 11) is -4.15. The second-order valence-electron chi connectivity index (χ2n) is 11.8. The molecule has 0 bridgehead atoms. The number of halogens is 2. The molecule has 0 saturated carbocycles. The number of benzene rings is 2. The van der Waals surface area contributed by atoms with Crippen LogP contribution in [0.2, 0.25) is 10.0 Å². The molecule has 1 amide bonds. The van der Waals surface area contributed by atoms with Gasteiger partial charge in [0.1, 0.15) is 34.6 Å². The first-order valence-electron chi connectivity index (χ1n) is 15.7. The van der Waals surface area contributed by atoms with Crippen molar-refractivity contribution in [3.8, 4) is 11.4 Å². The summed E-state index contributed by atoms with van der Waals surface area (Å²) in [6.45, 7) is 4.22. The van der Waals surface area contributed by atoms with Crippen molar-refractivity contribution in [2.24, 2.45) is 0 Å². The van der Waals surface area contributed by atoms with Crippen LogP contribution in [0, 0.1) is 6.92 Å². The van der Waals surface area contributed by atoms with E-state index in [1.807, 2.05) is 54.1 Å². The first kappa shape index (κ1) is 32.3. The van der Waals surface area contributed by atoms with Crippen molar-refractivity contribution in [2.75, 3.05) is 37.6 Å². The first-order valence-corrected chi connectivity index (χ1v) is 17.9. The lowest BCUT2D eigenvalue weighted by Gasteiger charge is -2.37. The number of nitrogens with zero attached hydrogens (tertiary/aromatic N) is 7. The molecule has 248 valence electrons. The third-order valence-corrected chi connectivity index (χ3v) is 11.7. The van der Waals surface area contributed by atoms with Crippen LogP contribution in [0.1, 0.15) is 24.1 Å². The number of hydrogen-bond acceptors (Lipinski definition) is 8. The van der Waals surface area contributed by atoms with Gasteiger partial charge < -0.3 is 19.1 Å². The molecule has 0 radical (unpaired) electrons. The smallest absolute Gasteiger partial charge is 0.245 e. The molecular formula is C34H33Cl2N7O4S. The lowest BCUT2D eigenvalue weighted by molar-refractivity contribution is -0.134. The maximum absolute atomic E-state index is 14.1. The van der Waals surface area contributed by atoms with Crippen molar-refractivity contribution < 1.29 is 17.9 Å². The highest BCUT2D eigenvalue weighted by Crippen LogP contribution is 2.37. The van der Waals surface area contributed by atoms with Gasteiger partial charge in [-0.25, -0.2) is 23.4 Å². The van der Waals surface area contributed by atoms with Crippen LogP contribution in [0.4, 0.5) is 5.82 Å². The van der Waals surface area contributed by atoms with E-state index in [0.717, 1.165) is 22.6 Å². The summed E-state index contributed by atoms with van der Waals surface area (Å²) in [5.74, 6) is 1.16. The van der Waals surface area contributed by atoms with Gasteiger partial charge in [-0.2, -0.15) is 4.31 Å². The summed E-state index contributed by atoms with van der Waals surface area (Å²) < 4.78 is 37.7. The number of para-hydroxylation sites is 1. The Morgan fingerprint density at radius 1 is 1.00 bits per heavy atom. The predicted octanol–water partition coefficient (Wildman–Crippen LogP) is 5.51. The number of carbonyl (C=O) groups excluding carboxylic acids is 1. The van der Waals surface area contributed by atoms with Crippen LogP contribution >= 0.6 is 23.2 Å². The summed E-state index contributed by atoms with van der Waals surface area (Å²) in [5.41, 5.74) is 2.65. The van der Waals surface area contributed by atoms with Crippen molar-refractivity contribution in [3.05, 3.63) is 101 Å². The lowest BCUT2D eigenvalue weighted by atomic mass is 10.1. The first-order chi connectivity index (χ1) is 23.2. The third kappa shape index (κ3) is 6.09. The molecule has 0 N–H and O–H groups in total. The quantitative estimate of drug-likeness (QED) is 0.208. The van der Waals surface area contributed by atoms with E-state index in [4.69, 9.17) is 32.9 Å². The Kier molecular flexibility index (Phi) is 8.99. The van der Waals surface area contributed by atoms with Crippen molar-refractivity contribution in [2.45, 2.75) is 37.3 Å². The van der Waals surface area contributed by atoms with Gasteiger partial charge >= 0.3 is 0 Å². The zero-order chi connectivity index (χ0) is 33.4. The molecule has 7 rings (SSSR count). The highest BCUT2D eigenvalue weighted by Gasteiger charge is 2.42. The fourth-order valence-corrected chi connectivity index (χ4v) is 8.94. The van der Waals surface area contributed by atoms with Crippen LogP contribution in [-0.4, -0.2) is 81.8 Å². The Morgan fingerprint density at radius 3 is 2.58 bits per heavy atom. The highest BCUT2D eigenvalue weighted by molar-refractivity contribution is 7.89. The minimum absolute atomic E-state index is 0.0342. The summed E-state index contributed by atoms with van der Waals surface area (Å²) in [4.78, 5) is 30.8. The molecule has 48 heavy (non-hydrogen) atoms. The van der Waals surface area contributed by atoms with Crippen LogP contribution in [0.3, 0.4) is 0 Å². The van der Waals surface area contributed by atoms with Gasteiger partial charge in [-0.05, 0) is 56.2 Å². The molecule has 2 aliphatic rings. The number of ether oxygens (including phenoxy) is 1. The molecule has 0 spiro atoms. The van der Waals surface area contributed by atoms with Crippen LogP contribution in [0.15, 0.2) is 84.4 Å². The van der Waals surface area contributed by atoms with E-state index in [1.54, 1.807) is 29.7 Å². The molecule has 0 aliphatic carbocycles.